The van der Waals surface area contributed by atoms with Crippen molar-refractivity contribution in [3.05, 3.63) is 97.4 Å². The molecule has 6 nitrogen and oxygen atoms in total. The van der Waals surface area contributed by atoms with E-state index < -0.39 is 0 Å². The quantitative estimate of drug-likeness (QED) is 0.219. The van der Waals surface area contributed by atoms with Crippen LogP contribution >= 0.6 is 47.2 Å². The number of rotatable bonds is 4. The fourth-order valence-corrected chi connectivity index (χ4v) is 5.62. The molecular weight excluding hydrogens is 525 g/mol. The Kier molecular flexibility index (Phi) is 6.23. The number of carbonyl (C=O) groups excluding carboxylic acids is 1. The molecule has 5 rings (SSSR count). The highest BCUT2D eigenvalue weighted by Gasteiger charge is 2.38. The van der Waals surface area contributed by atoms with Crippen molar-refractivity contribution in [2.45, 2.75) is 6.92 Å². The molecule has 1 fully saturated rings. The summed E-state index contributed by atoms with van der Waals surface area (Å²) in [5.74, 6) is 0.615. The second kappa shape index (κ2) is 9.20. The van der Waals surface area contributed by atoms with Crippen molar-refractivity contribution in [2.75, 3.05) is 4.90 Å². The number of benzene rings is 2. The predicted molar refractivity (Wildman–Crippen MR) is 146 cm³/mol. The third-order valence-electron chi connectivity index (χ3n) is 5.64. The molecular formula is C25H17Cl2N3O3S2. The van der Waals surface area contributed by atoms with Crippen LogP contribution in [0.15, 0.2) is 74.8 Å². The van der Waals surface area contributed by atoms with Gasteiger partial charge in [0.1, 0.15) is 17.2 Å². The molecule has 176 valence electrons. The fourth-order valence-electron chi connectivity index (χ4n) is 3.87. The summed E-state index contributed by atoms with van der Waals surface area (Å²) in [6.45, 7) is 1.78. The highest BCUT2D eigenvalue weighted by atomic mass is 35.5. The number of aromatic nitrogens is 2. The fraction of sp³-hybridized carbons (Fsp3) is 0.0800. The molecule has 1 saturated heterocycles. The summed E-state index contributed by atoms with van der Waals surface area (Å²) in [6, 6.07) is 17.9. The second-order valence-electron chi connectivity index (χ2n) is 7.75. The minimum atomic E-state index is -0.381. The number of furan rings is 1. The predicted octanol–water partition coefficient (Wildman–Crippen LogP) is 6.46. The lowest BCUT2D eigenvalue weighted by atomic mass is 10.2. The van der Waals surface area contributed by atoms with Gasteiger partial charge in [-0.1, -0.05) is 65.4 Å². The van der Waals surface area contributed by atoms with Crippen LogP contribution in [0, 0.1) is 6.92 Å². The van der Waals surface area contributed by atoms with Crippen molar-refractivity contribution in [1.82, 2.24) is 9.36 Å². The van der Waals surface area contributed by atoms with Gasteiger partial charge in [0.15, 0.2) is 4.32 Å². The third kappa shape index (κ3) is 4.16. The highest BCUT2D eigenvalue weighted by molar-refractivity contribution is 8.27. The first-order valence-corrected chi connectivity index (χ1v) is 12.4. The minimum Gasteiger partial charge on any atom is -0.457 e. The van der Waals surface area contributed by atoms with Crippen molar-refractivity contribution in [2.24, 2.45) is 7.05 Å². The number of amides is 1. The minimum absolute atomic E-state index is 0.232. The lowest BCUT2D eigenvalue weighted by molar-refractivity contribution is -0.113. The van der Waals surface area contributed by atoms with Crippen LogP contribution in [-0.2, 0) is 11.8 Å². The monoisotopic (exact) mass is 541 g/mol. The Bertz CT molecular complexity index is 1590. The van der Waals surface area contributed by atoms with E-state index in [2.05, 4.69) is 0 Å². The van der Waals surface area contributed by atoms with E-state index in [1.807, 2.05) is 30.3 Å². The number of halogens is 2. The van der Waals surface area contributed by atoms with Gasteiger partial charge in [-0.2, -0.15) is 0 Å². The number of para-hydroxylation sites is 1. The molecule has 0 radical (unpaired) electrons. The zero-order valence-corrected chi connectivity index (χ0v) is 21.6. The molecule has 0 spiro atoms. The first-order chi connectivity index (χ1) is 16.8. The maximum absolute atomic E-state index is 13.4. The van der Waals surface area contributed by atoms with Crippen LogP contribution in [-0.4, -0.2) is 19.6 Å². The lowest BCUT2D eigenvalue weighted by Gasteiger charge is -2.12. The van der Waals surface area contributed by atoms with E-state index in [1.165, 1.54) is 9.58 Å². The standard InChI is InChI=1S/C25H17Cl2N3O3S2/c1-14-22(24(32)30(28(14)2)16-6-4-3-5-7-16)29-23(31)21(35-25(29)34)13-17-9-11-20(33-17)18-10-8-15(26)12-19(18)27/h3-13H,1-2H3/b21-13+. The van der Waals surface area contributed by atoms with E-state index in [-0.39, 0.29) is 21.5 Å². The van der Waals surface area contributed by atoms with Crippen LogP contribution < -0.4 is 10.5 Å². The van der Waals surface area contributed by atoms with Crippen molar-refractivity contribution in [1.29, 1.82) is 0 Å². The van der Waals surface area contributed by atoms with Crippen LogP contribution in [0.3, 0.4) is 0 Å². The van der Waals surface area contributed by atoms with Crippen molar-refractivity contribution >= 4 is 69.2 Å². The van der Waals surface area contributed by atoms with Crippen LogP contribution in [0.1, 0.15) is 11.5 Å². The van der Waals surface area contributed by atoms with E-state index in [9.17, 15) is 9.59 Å². The molecule has 0 unspecified atom stereocenters. The highest BCUT2D eigenvalue weighted by Crippen LogP contribution is 2.37. The van der Waals surface area contributed by atoms with Gasteiger partial charge in [0, 0.05) is 23.7 Å². The zero-order chi connectivity index (χ0) is 24.9. The molecule has 0 atom stereocenters. The van der Waals surface area contributed by atoms with Gasteiger partial charge in [-0.25, -0.2) is 4.68 Å². The molecule has 0 aliphatic carbocycles. The van der Waals surface area contributed by atoms with E-state index >= 15 is 0 Å². The number of carbonyl (C=O) groups is 1. The molecule has 3 heterocycles. The Morgan fingerprint density at radius 1 is 1.03 bits per heavy atom. The molecule has 2 aromatic carbocycles. The van der Waals surface area contributed by atoms with Gasteiger partial charge in [-0.3, -0.25) is 19.2 Å². The topological polar surface area (TPSA) is 60.4 Å². The molecule has 2 aromatic heterocycles. The molecule has 4 aromatic rings. The number of thioether (sulfide) groups is 1. The smallest absolute Gasteiger partial charge is 0.296 e. The van der Waals surface area contributed by atoms with E-state index in [1.54, 1.807) is 55.1 Å². The maximum atomic E-state index is 13.4. The largest absolute Gasteiger partial charge is 0.457 e. The van der Waals surface area contributed by atoms with Crippen LogP contribution in [0.4, 0.5) is 5.69 Å². The SMILES string of the molecule is Cc1c(N2C(=O)/C(=C\c3ccc(-c4ccc(Cl)cc4Cl)o3)SC2=S)c(=O)n(-c2ccccc2)n1C. The van der Waals surface area contributed by atoms with Crippen LogP contribution in [0.2, 0.25) is 10.0 Å². The lowest BCUT2D eigenvalue weighted by Crippen LogP contribution is -2.33. The van der Waals surface area contributed by atoms with Gasteiger partial charge >= 0.3 is 0 Å². The average Bonchev–Trinajstić information content (AvgIpc) is 3.45. The van der Waals surface area contributed by atoms with Gasteiger partial charge in [-0.15, -0.1) is 0 Å². The van der Waals surface area contributed by atoms with Crippen LogP contribution in [0.25, 0.3) is 23.1 Å². The Hall–Kier alpha value is -3.04. The molecule has 1 aliphatic heterocycles. The number of hydrogen-bond acceptors (Lipinski definition) is 5. The molecule has 1 amide bonds. The Labute approximate surface area is 220 Å². The van der Waals surface area contributed by atoms with Crippen LogP contribution in [0.5, 0.6) is 0 Å². The molecule has 35 heavy (non-hydrogen) atoms. The summed E-state index contributed by atoms with van der Waals surface area (Å²) in [5, 5.41) is 0.982. The summed E-state index contributed by atoms with van der Waals surface area (Å²) in [5.41, 5.74) is 1.90. The average molecular weight is 542 g/mol. The molecule has 0 saturated carbocycles. The summed E-state index contributed by atoms with van der Waals surface area (Å²) >= 11 is 18.9. The van der Waals surface area contributed by atoms with E-state index in [0.717, 1.165) is 11.8 Å². The number of hydrogen-bond donors (Lipinski definition) is 0. The van der Waals surface area contributed by atoms with Crippen molar-refractivity contribution < 1.29 is 9.21 Å². The number of nitrogens with zero attached hydrogens (tertiary/aromatic N) is 3. The van der Waals surface area contributed by atoms with E-state index in [0.29, 0.717) is 43.4 Å². The number of thiocarbonyl (C=S) groups is 1. The van der Waals surface area contributed by atoms with Crippen molar-refractivity contribution in [3.63, 3.8) is 0 Å². The number of anilines is 1. The normalized spacial score (nSPS) is 15.0. The van der Waals surface area contributed by atoms with E-state index in [4.69, 9.17) is 39.8 Å². The maximum Gasteiger partial charge on any atom is 0.296 e. The van der Waals surface area contributed by atoms with Gasteiger partial charge < -0.3 is 4.42 Å². The van der Waals surface area contributed by atoms with Gasteiger partial charge in [0.2, 0.25) is 0 Å². The second-order valence-corrected chi connectivity index (χ2v) is 10.3. The third-order valence-corrected chi connectivity index (χ3v) is 7.49. The molecule has 0 bridgehead atoms. The first kappa shape index (κ1) is 23.7. The summed E-state index contributed by atoms with van der Waals surface area (Å²) in [6.07, 6.45) is 1.61. The van der Waals surface area contributed by atoms with Gasteiger partial charge in [-0.05, 0) is 49.4 Å². The molecule has 0 N–H and O–H groups in total. The van der Waals surface area contributed by atoms with Crippen molar-refractivity contribution in [3.8, 4) is 17.0 Å². The first-order valence-electron chi connectivity index (χ1n) is 10.4. The van der Waals surface area contributed by atoms with Gasteiger partial charge in [0.25, 0.3) is 11.5 Å². The Morgan fingerprint density at radius 3 is 2.49 bits per heavy atom. The van der Waals surface area contributed by atoms with Gasteiger partial charge in [0.05, 0.1) is 21.3 Å². The zero-order valence-electron chi connectivity index (χ0n) is 18.5. The molecule has 1 aliphatic rings. The summed E-state index contributed by atoms with van der Waals surface area (Å²) < 4.78 is 9.41. The Balaban J connectivity index is 1.49. The summed E-state index contributed by atoms with van der Waals surface area (Å²) in [7, 11) is 1.77. The Morgan fingerprint density at radius 2 is 1.77 bits per heavy atom. The molecule has 10 heteroatoms. The summed E-state index contributed by atoms with van der Waals surface area (Å²) in [4.78, 5) is 28.4.